The van der Waals surface area contributed by atoms with Crippen LogP contribution in [0.1, 0.15) is 65.0 Å². The van der Waals surface area contributed by atoms with E-state index < -0.39 is 25.5 Å². The molecule has 0 radical (unpaired) electrons. The van der Waals surface area contributed by atoms with E-state index in [1.54, 1.807) is 24.3 Å². The molecule has 3 aromatic carbocycles. The van der Waals surface area contributed by atoms with Gasteiger partial charge in [-0.3, -0.25) is 28.6 Å². The summed E-state index contributed by atoms with van der Waals surface area (Å²) in [4.78, 5) is 64.1. The summed E-state index contributed by atoms with van der Waals surface area (Å²) in [5.41, 5.74) is 2.42. The van der Waals surface area contributed by atoms with Gasteiger partial charge in [0.15, 0.2) is 0 Å². The molecule has 0 aromatic heterocycles. The maximum absolute atomic E-state index is 13.6. The second-order valence-corrected chi connectivity index (χ2v) is 13.8. The molecule has 4 amide bonds. The average molecular weight is 633 g/mol. The number of fused-ring (bicyclic) bond motifs is 1. The number of amides is 4. The minimum Gasteiger partial charge on any atom is -0.350 e. The van der Waals surface area contributed by atoms with Crippen molar-refractivity contribution in [3.05, 3.63) is 107 Å². The minimum absolute atomic E-state index is 0.101. The van der Waals surface area contributed by atoms with Gasteiger partial charge < -0.3 is 15.5 Å². The third kappa shape index (κ3) is 9.69. The number of benzene rings is 3. The Labute approximate surface area is 264 Å². The van der Waals surface area contributed by atoms with E-state index in [-0.39, 0.29) is 49.2 Å². The number of carbonyl (C=O) groups is 4. The lowest BCUT2D eigenvalue weighted by Crippen LogP contribution is -2.53. The number of rotatable bonds is 16. The molecule has 10 nitrogen and oxygen atoms in total. The van der Waals surface area contributed by atoms with Gasteiger partial charge in [0.05, 0.1) is 17.2 Å². The van der Waals surface area contributed by atoms with E-state index in [0.29, 0.717) is 30.5 Å². The second kappa shape index (κ2) is 15.8. The Morgan fingerprint density at radius 1 is 0.778 bits per heavy atom. The first-order valence-corrected chi connectivity index (χ1v) is 17.1. The fourth-order valence-electron chi connectivity index (χ4n) is 5.28. The van der Waals surface area contributed by atoms with Gasteiger partial charge >= 0.3 is 0 Å². The standard InChI is InChI=1S/C34H41N4O6P/c1-24(2)21-29(31(39)35-23-26-15-7-4-8-16-26)36-32(40)30(22-25-13-5-3-6-14-25)37-45(43,44)20-12-11-19-38-33(41)27-17-9-10-18-28(27)34(38)42/h3-10,13-18,24,29-30H,11-12,19-23H2,1-2H3,(H,35,39)(H,36,40)(H2,37,43,44)/t29-,30-/m0/s1. The molecule has 1 aliphatic rings. The van der Waals surface area contributed by atoms with Gasteiger partial charge in [0.2, 0.25) is 11.8 Å². The predicted molar refractivity (Wildman–Crippen MR) is 172 cm³/mol. The lowest BCUT2D eigenvalue weighted by Gasteiger charge is -2.26. The zero-order valence-electron chi connectivity index (χ0n) is 25.6. The smallest absolute Gasteiger partial charge is 0.267 e. The van der Waals surface area contributed by atoms with Crippen LogP contribution in [0.2, 0.25) is 0 Å². The highest BCUT2D eigenvalue weighted by molar-refractivity contribution is 7.55. The number of carbonyl (C=O) groups excluding carboxylic acids is 4. The molecule has 0 spiro atoms. The Kier molecular flexibility index (Phi) is 11.8. The van der Waals surface area contributed by atoms with Crippen molar-refractivity contribution in [1.29, 1.82) is 0 Å². The molecule has 0 fully saturated rings. The monoisotopic (exact) mass is 632 g/mol. The van der Waals surface area contributed by atoms with E-state index in [9.17, 15) is 28.6 Å². The summed E-state index contributed by atoms with van der Waals surface area (Å²) in [6, 6.07) is 23.3. The van der Waals surface area contributed by atoms with Crippen molar-refractivity contribution < 1.29 is 28.6 Å². The van der Waals surface area contributed by atoms with Crippen LogP contribution in [-0.2, 0) is 27.1 Å². The van der Waals surface area contributed by atoms with Gasteiger partial charge in [0.1, 0.15) is 6.04 Å². The lowest BCUT2D eigenvalue weighted by molar-refractivity contribution is -0.130. The highest BCUT2D eigenvalue weighted by atomic mass is 31.2. The van der Waals surface area contributed by atoms with E-state index in [0.717, 1.165) is 16.0 Å². The Balaban J connectivity index is 1.38. The lowest BCUT2D eigenvalue weighted by atomic mass is 10.0. The van der Waals surface area contributed by atoms with E-state index >= 15 is 0 Å². The summed E-state index contributed by atoms with van der Waals surface area (Å²) in [6.07, 6.45) is 0.921. The van der Waals surface area contributed by atoms with Crippen molar-refractivity contribution in [3.8, 4) is 0 Å². The Hall–Kier alpha value is -4.11. The third-order valence-corrected chi connectivity index (χ3v) is 9.22. The van der Waals surface area contributed by atoms with Gasteiger partial charge in [-0.1, -0.05) is 86.6 Å². The SMILES string of the molecule is CC(C)C[C@H](NC(=O)[C@H](Cc1ccccc1)NP(=O)(O)CCCCN1C(=O)c2ccccc2C1=O)C(=O)NCc1ccccc1. The van der Waals surface area contributed by atoms with Gasteiger partial charge in [-0.05, 0) is 54.9 Å². The number of nitrogens with zero attached hydrogens (tertiary/aromatic N) is 1. The summed E-state index contributed by atoms with van der Waals surface area (Å²) in [5.74, 6) is -1.53. The number of hydrogen-bond acceptors (Lipinski definition) is 5. The molecule has 4 N–H and O–H groups in total. The zero-order valence-corrected chi connectivity index (χ0v) is 26.5. The number of nitrogens with one attached hydrogen (secondary N) is 3. The predicted octanol–water partition coefficient (Wildman–Crippen LogP) is 4.30. The van der Waals surface area contributed by atoms with E-state index in [2.05, 4.69) is 15.7 Å². The van der Waals surface area contributed by atoms with Crippen LogP contribution in [0.5, 0.6) is 0 Å². The topological polar surface area (TPSA) is 145 Å². The number of hydrogen-bond donors (Lipinski definition) is 4. The molecule has 1 aliphatic heterocycles. The molecule has 3 atom stereocenters. The summed E-state index contributed by atoms with van der Waals surface area (Å²) in [7, 11) is -4.04. The summed E-state index contributed by atoms with van der Waals surface area (Å²) in [5, 5.41) is 8.39. The van der Waals surface area contributed by atoms with Crippen LogP contribution in [0.4, 0.5) is 0 Å². The van der Waals surface area contributed by atoms with Gasteiger partial charge in [-0.2, -0.15) is 0 Å². The van der Waals surface area contributed by atoms with Crippen molar-refractivity contribution in [2.75, 3.05) is 12.7 Å². The molecule has 11 heteroatoms. The maximum atomic E-state index is 13.6. The number of imide groups is 1. The molecule has 0 bridgehead atoms. The number of unbranched alkanes of at least 4 members (excludes halogenated alkanes) is 1. The van der Waals surface area contributed by atoms with Crippen LogP contribution in [-0.4, -0.2) is 58.2 Å². The van der Waals surface area contributed by atoms with Gasteiger partial charge in [0.25, 0.3) is 19.3 Å². The molecule has 0 saturated carbocycles. The van der Waals surface area contributed by atoms with Crippen molar-refractivity contribution in [2.24, 2.45) is 5.92 Å². The van der Waals surface area contributed by atoms with Crippen molar-refractivity contribution in [3.63, 3.8) is 0 Å². The molecule has 1 unspecified atom stereocenters. The molecule has 1 heterocycles. The van der Waals surface area contributed by atoms with Crippen LogP contribution < -0.4 is 15.7 Å². The van der Waals surface area contributed by atoms with Gasteiger partial charge in [-0.25, -0.2) is 5.09 Å². The van der Waals surface area contributed by atoms with Gasteiger partial charge in [0, 0.05) is 19.3 Å². The summed E-state index contributed by atoms with van der Waals surface area (Å²) >= 11 is 0. The van der Waals surface area contributed by atoms with Crippen LogP contribution in [0, 0.1) is 5.92 Å². The quantitative estimate of drug-likeness (QED) is 0.105. The molecular formula is C34H41N4O6P. The Bertz CT molecular complexity index is 1500. The molecule has 238 valence electrons. The van der Waals surface area contributed by atoms with Crippen LogP contribution >= 0.6 is 7.52 Å². The van der Waals surface area contributed by atoms with Crippen molar-refractivity contribution >= 4 is 31.1 Å². The van der Waals surface area contributed by atoms with Crippen molar-refractivity contribution in [2.45, 2.75) is 58.2 Å². The van der Waals surface area contributed by atoms with E-state index in [1.807, 2.05) is 74.5 Å². The van der Waals surface area contributed by atoms with E-state index in [4.69, 9.17) is 0 Å². The molecule has 4 rings (SSSR count). The molecule has 45 heavy (non-hydrogen) atoms. The molecule has 0 aliphatic carbocycles. The van der Waals surface area contributed by atoms with Crippen LogP contribution in [0.3, 0.4) is 0 Å². The molecular weight excluding hydrogens is 591 g/mol. The van der Waals surface area contributed by atoms with Crippen molar-refractivity contribution in [1.82, 2.24) is 20.6 Å². The summed E-state index contributed by atoms with van der Waals surface area (Å²) < 4.78 is 13.3. The fourth-order valence-corrected chi connectivity index (χ4v) is 6.75. The van der Waals surface area contributed by atoms with Crippen LogP contribution in [0.15, 0.2) is 84.9 Å². The minimum atomic E-state index is -4.04. The maximum Gasteiger partial charge on any atom is 0.267 e. The average Bonchev–Trinajstić information content (AvgIpc) is 3.26. The Morgan fingerprint density at radius 2 is 1.33 bits per heavy atom. The first kappa shape index (κ1) is 33.8. The summed E-state index contributed by atoms with van der Waals surface area (Å²) in [6.45, 7) is 4.33. The molecule has 0 saturated heterocycles. The van der Waals surface area contributed by atoms with Gasteiger partial charge in [-0.15, -0.1) is 0 Å². The molecule has 3 aromatic rings. The first-order valence-electron chi connectivity index (χ1n) is 15.2. The zero-order chi connectivity index (χ0) is 32.4. The Morgan fingerprint density at radius 3 is 1.91 bits per heavy atom. The third-order valence-electron chi connectivity index (χ3n) is 7.58. The highest BCUT2D eigenvalue weighted by Gasteiger charge is 2.35. The highest BCUT2D eigenvalue weighted by Crippen LogP contribution is 2.38. The first-order chi connectivity index (χ1) is 21.5. The second-order valence-electron chi connectivity index (χ2n) is 11.7. The normalized spacial score (nSPS) is 15.3. The van der Waals surface area contributed by atoms with Crippen LogP contribution in [0.25, 0.3) is 0 Å². The largest absolute Gasteiger partial charge is 0.350 e. The fraction of sp³-hybridized carbons (Fsp3) is 0.353. The van der Waals surface area contributed by atoms with E-state index in [1.165, 1.54) is 0 Å².